The molecule has 0 spiro atoms. The van der Waals surface area contributed by atoms with Crippen LogP contribution in [0.3, 0.4) is 0 Å². The van der Waals surface area contributed by atoms with Crippen LogP contribution in [0.25, 0.3) is 0 Å². The van der Waals surface area contributed by atoms with Gasteiger partial charge in [0.15, 0.2) is 0 Å². The van der Waals surface area contributed by atoms with Crippen LogP contribution in [0.5, 0.6) is 0 Å². The zero-order chi connectivity index (χ0) is 22.0. The maximum absolute atomic E-state index is 9.46. The molecular formula is C29H43NO. The monoisotopic (exact) mass is 421 g/mol. The van der Waals surface area contributed by atoms with Gasteiger partial charge in [-0.3, -0.25) is 0 Å². The normalized spacial score (nSPS) is 11.7. The van der Waals surface area contributed by atoms with Crippen LogP contribution >= 0.6 is 0 Å². The molecule has 0 aliphatic heterocycles. The van der Waals surface area contributed by atoms with Crippen molar-refractivity contribution in [2.24, 2.45) is 5.16 Å². The molecule has 2 aromatic carbocycles. The van der Waals surface area contributed by atoms with E-state index in [-0.39, 0.29) is 0 Å². The summed E-state index contributed by atoms with van der Waals surface area (Å²) in [6.45, 7) is 2.28. The van der Waals surface area contributed by atoms with Crippen molar-refractivity contribution in [3.8, 4) is 0 Å². The number of unbranched alkanes of at least 4 members (excludes halogenated alkanes) is 12. The maximum atomic E-state index is 9.46. The quantitative estimate of drug-likeness (QED) is 0.117. The Kier molecular flexibility index (Phi) is 13.5. The first-order valence-corrected chi connectivity index (χ1v) is 12.7. The van der Waals surface area contributed by atoms with E-state index in [9.17, 15) is 5.21 Å². The fourth-order valence-electron chi connectivity index (χ4n) is 4.21. The van der Waals surface area contributed by atoms with Crippen LogP contribution in [0, 0.1) is 0 Å². The molecule has 0 radical (unpaired) electrons. The van der Waals surface area contributed by atoms with Crippen LogP contribution in [-0.4, -0.2) is 10.9 Å². The van der Waals surface area contributed by atoms with Gasteiger partial charge in [-0.15, -0.1) is 0 Å². The highest BCUT2D eigenvalue weighted by Crippen LogP contribution is 2.16. The van der Waals surface area contributed by atoms with Crippen molar-refractivity contribution in [1.29, 1.82) is 0 Å². The Morgan fingerprint density at radius 3 is 1.61 bits per heavy atom. The Labute approximate surface area is 190 Å². The molecule has 2 aromatic rings. The summed E-state index contributed by atoms with van der Waals surface area (Å²) in [5, 5.41) is 13.0. The van der Waals surface area contributed by atoms with Crippen molar-refractivity contribution in [3.05, 3.63) is 71.3 Å². The van der Waals surface area contributed by atoms with Crippen LogP contribution < -0.4 is 0 Å². The minimum absolute atomic E-state index is 0.814. The topological polar surface area (TPSA) is 32.6 Å². The third-order valence-corrected chi connectivity index (χ3v) is 6.18. The lowest BCUT2D eigenvalue weighted by atomic mass is 9.99. The van der Waals surface area contributed by atoms with Crippen molar-refractivity contribution >= 4 is 5.71 Å². The van der Waals surface area contributed by atoms with Gasteiger partial charge in [0, 0.05) is 0 Å². The molecule has 170 valence electrons. The van der Waals surface area contributed by atoms with Gasteiger partial charge >= 0.3 is 0 Å². The summed E-state index contributed by atoms with van der Waals surface area (Å²) in [6.07, 6.45) is 19.4. The van der Waals surface area contributed by atoms with E-state index in [0.29, 0.717) is 0 Å². The van der Waals surface area contributed by atoms with E-state index in [1.165, 1.54) is 88.2 Å². The lowest BCUT2D eigenvalue weighted by molar-refractivity contribution is 0.317. The van der Waals surface area contributed by atoms with E-state index in [1.54, 1.807) is 0 Å². The molecule has 0 saturated carbocycles. The van der Waals surface area contributed by atoms with E-state index >= 15 is 0 Å². The summed E-state index contributed by atoms with van der Waals surface area (Å²) in [7, 11) is 0. The predicted octanol–water partition coefficient (Wildman–Crippen LogP) is 8.94. The molecule has 0 heterocycles. The minimum atomic E-state index is 0.814. The van der Waals surface area contributed by atoms with Crippen molar-refractivity contribution in [1.82, 2.24) is 0 Å². The molecular weight excluding hydrogens is 378 g/mol. The van der Waals surface area contributed by atoms with Gasteiger partial charge in [0.1, 0.15) is 0 Å². The van der Waals surface area contributed by atoms with E-state index < -0.39 is 0 Å². The third kappa shape index (κ3) is 11.2. The number of rotatable bonds is 17. The van der Waals surface area contributed by atoms with Gasteiger partial charge in [-0.1, -0.05) is 144 Å². The van der Waals surface area contributed by atoms with Gasteiger partial charge in [0.25, 0.3) is 0 Å². The molecule has 31 heavy (non-hydrogen) atoms. The molecule has 0 aliphatic rings. The lowest BCUT2D eigenvalue weighted by Crippen LogP contribution is -2.01. The number of hydrogen-bond donors (Lipinski definition) is 1. The first-order valence-electron chi connectivity index (χ1n) is 12.7. The maximum Gasteiger partial charge on any atom is 0.0867 e. The summed E-state index contributed by atoms with van der Waals surface area (Å²) in [5.41, 5.74) is 4.46. The standard InChI is InChI=1S/C29H43NO/c1-2-3-4-5-6-7-8-9-10-11-12-13-17-20-29(30-31)28-23-21-27(22-24-28)25-26-18-15-14-16-19-26/h14-16,18-19,21-24,31H,2-13,17,20,25H2,1H3/b30-29+. The van der Waals surface area contributed by atoms with Gasteiger partial charge in [-0.25, -0.2) is 0 Å². The zero-order valence-electron chi connectivity index (χ0n) is 19.7. The van der Waals surface area contributed by atoms with Crippen LogP contribution in [0.4, 0.5) is 0 Å². The highest BCUT2D eigenvalue weighted by atomic mass is 16.4. The van der Waals surface area contributed by atoms with Gasteiger partial charge in [-0.2, -0.15) is 0 Å². The van der Waals surface area contributed by atoms with Gasteiger partial charge < -0.3 is 5.21 Å². The lowest BCUT2D eigenvalue weighted by Gasteiger charge is -2.07. The molecule has 0 fully saturated rings. The second kappa shape index (κ2) is 16.6. The molecule has 0 aliphatic carbocycles. The number of benzene rings is 2. The average Bonchev–Trinajstić information content (AvgIpc) is 2.81. The van der Waals surface area contributed by atoms with E-state index in [4.69, 9.17) is 0 Å². The van der Waals surface area contributed by atoms with Crippen molar-refractivity contribution in [3.63, 3.8) is 0 Å². The van der Waals surface area contributed by atoms with Gasteiger partial charge in [0.05, 0.1) is 5.71 Å². The molecule has 2 heteroatoms. The smallest absolute Gasteiger partial charge is 0.0867 e. The van der Waals surface area contributed by atoms with Crippen molar-refractivity contribution in [2.45, 2.75) is 103 Å². The number of hydrogen-bond acceptors (Lipinski definition) is 2. The molecule has 0 bridgehead atoms. The van der Waals surface area contributed by atoms with E-state index in [0.717, 1.165) is 30.5 Å². The second-order valence-corrected chi connectivity index (χ2v) is 8.90. The molecule has 0 saturated heterocycles. The summed E-state index contributed by atoms with van der Waals surface area (Å²) >= 11 is 0. The van der Waals surface area contributed by atoms with Crippen molar-refractivity contribution in [2.75, 3.05) is 0 Å². The molecule has 0 amide bonds. The van der Waals surface area contributed by atoms with Crippen molar-refractivity contribution < 1.29 is 5.21 Å². The van der Waals surface area contributed by atoms with Crippen LogP contribution in [-0.2, 0) is 6.42 Å². The molecule has 2 rings (SSSR count). The third-order valence-electron chi connectivity index (χ3n) is 6.18. The molecule has 0 atom stereocenters. The Balaban J connectivity index is 1.54. The predicted molar refractivity (Wildman–Crippen MR) is 134 cm³/mol. The van der Waals surface area contributed by atoms with Crippen LogP contribution in [0.2, 0.25) is 0 Å². The highest BCUT2D eigenvalue weighted by molar-refractivity contribution is 6.00. The van der Waals surface area contributed by atoms with Gasteiger partial charge in [-0.05, 0) is 36.0 Å². The second-order valence-electron chi connectivity index (χ2n) is 8.90. The van der Waals surface area contributed by atoms with E-state index in [1.807, 2.05) is 6.07 Å². The number of nitrogens with zero attached hydrogens (tertiary/aromatic N) is 1. The Hall–Kier alpha value is -2.09. The summed E-state index contributed by atoms with van der Waals surface area (Å²) in [6, 6.07) is 19.0. The first-order chi connectivity index (χ1) is 15.3. The summed E-state index contributed by atoms with van der Waals surface area (Å²) in [5.74, 6) is 0. The Morgan fingerprint density at radius 1 is 0.613 bits per heavy atom. The minimum Gasteiger partial charge on any atom is -0.411 e. The van der Waals surface area contributed by atoms with Crippen LogP contribution in [0.15, 0.2) is 59.8 Å². The summed E-state index contributed by atoms with van der Waals surface area (Å²) < 4.78 is 0. The van der Waals surface area contributed by atoms with Crippen LogP contribution in [0.1, 0.15) is 114 Å². The SMILES string of the molecule is CCCCCCCCCCCCCCC/C(=N\O)c1ccc(Cc2ccccc2)cc1. The molecule has 1 N–H and O–H groups in total. The number of oxime groups is 1. The zero-order valence-corrected chi connectivity index (χ0v) is 19.7. The fourth-order valence-corrected chi connectivity index (χ4v) is 4.21. The highest BCUT2D eigenvalue weighted by Gasteiger charge is 2.05. The molecule has 2 nitrogen and oxygen atoms in total. The van der Waals surface area contributed by atoms with E-state index in [2.05, 4.69) is 60.6 Å². The molecule has 0 unspecified atom stereocenters. The molecule has 0 aromatic heterocycles. The average molecular weight is 422 g/mol. The summed E-state index contributed by atoms with van der Waals surface area (Å²) in [4.78, 5) is 0. The first kappa shape index (κ1) is 25.2. The fraction of sp³-hybridized carbons (Fsp3) is 0.552. The van der Waals surface area contributed by atoms with Gasteiger partial charge in [0.2, 0.25) is 0 Å². The Bertz CT molecular complexity index is 705. The largest absolute Gasteiger partial charge is 0.411 e. The Morgan fingerprint density at radius 2 is 1.10 bits per heavy atom.